The Kier molecular flexibility index (Phi) is 5.76. The maximum Gasteiger partial charge on any atom is 0.108 e. The zero-order chi connectivity index (χ0) is 10.1. The Morgan fingerprint density at radius 2 is 2.43 bits per heavy atom. The second kappa shape index (κ2) is 7.34. The smallest absolute Gasteiger partial charge is 0.108 e. The summed E-state index contributed by atoms with van der Waals surface area (Å²) in [5.74, 6) is 5.89. The van der Waals surface area contributed by atoms with Crippen molar-refractivity contribution in [2.75, 3.05) is 19.8 Å². The molecule has 0 spiro atoms. The van der Waals surface area contributed by atoms with Gasteiger partial charge in [-0.3, -0.25) is 0 Å². The van der Waals surface area contributed by atoms with Gasteiger partial charge in [0.25, 0.3) is 0 Å². The minimum absolute atomic E-state index is 0.0598. The maximum atomic E-state index is 8.43. The largest absolute Gasteiger partial charge is 0.392 e. The summed E-state index contributed by atoms with van der Waals surface area (Å²) in [5.41, 5.74) is 0. The molecule has 1 heterocycles. The normalized spacial score (nSPS) is 10.1. The monoisotopic (exact) mass is 208 g/mol. The lowest BCUT2D eigenvalue weighted by Crippen LogP contribution is -1.91. The third-order valence-electron chi connectivity index (χ3n) is 1.39. The summed E-state index contributed by atoms with van der Waals surface area (Å²) in [7, 11) is 0. The van der Waals surface area contributed by atoms with Crippen LogP contribution in [0.15, 0.2) is 29.7 Å². The molecule has 0 aliphatic carbocycles. The number of hydrogen-bond donors (Lipinski definition) is 1. The predicted octanol–water partition coefficient (Wildman–Crippen LogP) is 1.66. The van der Waals surface area contributed by atoms with Crippen molar-refractivity contribution in [1.29, 1.82) is 0 Å². The van der Waals surface area contributed by atoms with Gasteiger partial charge in [0, 0.05) is 0 Å². The quantitative estimate of drug-likeness (QED) is 0.463. The van der Waals surface area contributed by atoms with Crippen LogP contribution in [0.2, 0.25) is 0 Å². The van der Waals surface area contributed by atoms with Crippen LogP contribution in [0.4, 0.5) is 0 Å². The minimum Gasteiger partial charge on any atom is -0.392 e. The third kappa shape index (κ3) is 4.83. The molecular weight excluding hydrogens is 196 g/mol. The molecule has 0 aliphatic rings. The molecule has 1 aromatic heterocycles. The summed E-state index contributed by atoms with van der Waals surface area (Å²) in [6.07, 6.45) is 3.42. The van der Waals surface area contributed by atoms with E-state index in [9.17, 15) is 0 Å². The lowest BCUT2D eigenvalue weighted by molar-refractivity contribution is 0.198. The molecule has 1 N–H and O–H groups in total. The van der Waals surface area contributed by atoms with Crippen molar-refractivity contribution in [2.24, 2.45) is 0 Å². The Morgan fingerprint density at radius 3 is 3.14 bits per heavy atom. The van der Waals surface area contributed by atoms with Crippen molar-refractivity contribution in [3.63, 3.8) is 0 Å². The van der Waals surface area contributed by atoms with Crippen molar-refractivity contribution in [2.45, 2.75) is 0 Å². The predicted molar refractivity (Wildman–Crippen MR) is 58.2 cm³/mol. The molecule has 0 saturated heterocycles. The lowest BCUT2D eigenvalue weighted by atomic mass is 10.4. The molecule has 0 fully saturated rings. The Labute approximate surface area is 87.8 Å². The molecule has 0 saturated carbocycles. The van der Waals surface area contributed by atoms with E-state index in [4.69, 9.17) is 9.84 Å². The van der Waals surface area contributed by atoms with E-state index in [1.54, 1.807) is 23.5 Å². The van der Waals surface area contributed by atoms with E-state index < -0.39 is 0 Å². The number of rotatable bonds is 4. The van der Waals surface area contributed by atoms with Crippen LogP contribution in [0.3, 0.4) is 0 Å². The zero-order valence-corrected chi connectivity index (χ0v) is 8.59. The first-order chi connectivity index (χ1) is 6.93. The van der Waals surface area contributed by atoms with Crippen molar-refractivity contribution >= 4 is 11.3 Å². The van der Waals surface area contributed by atoms with E-state index >= 15 is 0 Å². The Hall–Kier alpha value is -1.08. The van der Waals surface area contributed by atoms with Crippen molar-refractivity contribution < 1.29 is 9.84 Å². The molecule has 2 nitrogen and oxygen atoms in total. The highest BCUT2D eigenvalue weighted by molar-refractivity contribution is 7.10. The fraction of sp³-hybridized carbons (Fsp3) is 0.273. The third-order valence-corrected chi connectivity index (χ3v) is 2.18. The number of hydrogen-bond acceptors (Lipinski definition) is 3. The Morgan fingerprint density at radius 1 is 1.50 bits per heavy atom. The molecule has 74 valence electrons. The van der Waals surface area contributed by atoms with Crippen molar-refractivity contribution in [3.05, 3.63) is 34.5 Å². The van der Waals surface area contributed by atoms with Gasteiger partial charge >= 0.3 is 0 Å². The summed E-state index contributed by atoms with van der Waals surface area (Å²) < 4.78 is 5.17. The highest BCUT2D eigenvalue weighted by Crippen LogP contribution is 2.05. The van der Waals surface area contributed by atoms with Crippen LogP contribution >= 0.6 is 11.3 Å². The molecule has 0 bridgehead atoms. The summed E-state index contributed by atoms with van der Waals surface area (Å²) in [6.45, 7) is 0.984. The van der Waals surface area contributed by atoms with Gasteiger partial charge in [-0.1, -0.05) is 30.1 Å². The van der Waals surface area contributed by atoms with Gasteiger partial charge in [-0.15, -0.1) is 11.3 Å². The maximum absolute atomic E-state index is 8.43. The van der Waals surface area contributed by atoms with E-state index in [1.807, 2.05) is 17.5 Å². The SMILES string of the molecule is OC/C=C\COCC#Cc1cccs1. The summed E-state index contributed by atoms with van der Waals surface area (Å²) in [4.78, 5) is 1.06. The molecule has 1 aromatic rings. The molecule has 0 amide bonds. The Bertz CT molecular complexity index is 317. The van der Waals surface area contributed by atoms with Crippen LogP contribution < -0.4 is 0 Å². The Balaban J connectivity index is 2.12. The summed E-state index contributed by atoms with van der Waals surface area (Å²) >= 11 is 1.62. The average Bonchev–Trinajstić information content (AvgIpc) is 2.69. The standard InChI is InChI=1S/C11H12O2S/c12-7-1-2-8-13-9-3-5-11-6-4-10-14-11/h1-2,4,6,10,12H,7-9H2/b2-1-. The van der Waals surface area contributed by atoms with Gasteiger partial charge in [0.15, 0.2) is 0 Å². The van der Waals surface area contributed by atoms with Gasteiger partial charge in [-0.25, -0.2) is 0 Å². The van der Waals surface area contributed by atoms with Gasteiger partial charge in [-0.2, -0.15) is 0 Å². The van der Waals surface area contributed by atoms with Gasteiger partial charge in [0.2, 0.25) is 0 Å². The van der Waals surface area contributed by atoms with E-state index in [-0.39, 0.29) is 6.61 Å². The summed E-state index contributed by atoms with van der Waals surface area (Å²) in [5, 5.41) is 10.4. The van der Waals surface area contributed by atoms with Crippen molar-refractivity contribution in [1.82, 2.24) is 0 Å². The molecule has 0 radical (unpaired) electrons. The lowest BCUT2D eigenvalue weighted by Gasteiger charge is -1.91. The highest BCUT2D eigenvalue weighted by atomic mass is 32.1. The van der Waals surface area contributed by atoms with E-state index in [0.29, 0.717) is 13.2 Å². The number of thiophene rings is 1. The van der Waals surface area contributed by atoms with Crippen LogP contribution in [0.5, 0.6) is 0 Å². The molecule has 14 heavy (non-hydrogen) atoms. The first-order valence-electron chi connectivity index (χ1n) is 4.29. The second-order valence-electron chi connectivity index (χ2n) is 2.45. The van der Waals surface area contributed by atoms with Crippen LogP contribution in [-0.4, -0.2) is 24.9 Å². The van der Waals surface area contributed by atoms with Crippen LogP contribution in [0.25, 0.3) is 0 Å². The van der Waals surface area contributed by atoms with E-state index in [2.05, 4.69) is 11.8 Å². The topological polar surface area (TPSA) is 29.5 Å². The fourth-order valence-electron chi connectivity index (χ4n) is 0.793. The van der Waals surface area contributed by atoms with Gasteiger partial charge < -0.3 is 9.84 Å². The molecule has 0 aliphatic heterocycles. The first kappa shape index (κ1) is 11.0. The van der Waals surface area contributed by atoms with E-state index in [0.717, 1.165) is 4.88 Å². The second-order valence-corrected chi connectivity index (χ2v) is 3.40. The molecule has 0 aromatic carbocycles. The molecule has 1 rings (SSSR count). The molecule has 0 unspecified atom stereocenters. The highest BCUT2D eigenvalue weighted by Gasteiger charge is 1.83. The minimum atomic E-state index is 0.0598. The van der Waals surface area contributed by atoms with Crippen molar-refractivity contribution in [3.8, 4) is 11.8 Å². The van der Waals surface area contributed by atoms with Crippen LogP contribution in [-0.2, 0) is 4.74 Å². The van der Waals surface area contributed by atoms with Gasteiger partial charge in [0.1, 0.15) is 6.61 Å². The molecule has 0 atom stereocenters. The summed E-state index contributed by atoms with van der Waals surface area (Å²) in [6, 6.07) is 3.95. The average molecular weight is 208 g/mol. The zero-order valence-electron chi connectivity index (χ0n) is 7.77. The molecular formula is C11H12O2S. The van der Waals surface area contributed by atoms with E-state index in [1.165, 1.54) is 0 Å². The number of aliphatic hydroxyl groups is 1. The number of ether oxygens (including phenoxy) is 1. The van der Waals surface area contributed by atoms with Crippen LogP contribution in [0.1, 0.15) is 4.88 Å². The fourth-order valence-corrected chi connectivity index (χ4v) is 1.39. The molecule has 3 heteroatoms. The first-order valence-corrected chi connectivity index (χ1v) is 5.17. The van der Waals surface area contributed by atoms with Crippen LogP contribution in [0, 0.1) is 11.8 Å². The number of aliphatic hydroxyl groups excluding tert-OH is 1. The van der Waals surface area contributed by atoms with Gasteiger partial charge in [0.05, 0.1) is 18.1 Å². The van der Waals surface area contributed by atoms with Gasteiger partial charge in [-0.05, 0) is 11.4 Å².